The summed E-state index contributed by atoms with van der Waals surface area (Å²) in [5.74, 6) is 1.11. The zero-order chi connectivity index (χ0) is 19.4. The van der Waals surface area contributed by atoms with Crippen molar-refractivity contribution in [3.8, 4) is 5.75 Å². The molecule has 0 aliphatic carbocycles. The molecule has 3 aromatic rings. The van der Waals surface area contributed by atoms with Crippen molar-refractivity contribution in [2.24, 2.45) is 0 Å². The molecular weight excluding hydrogens is 348 g/mol. The molecule has 0 radical (unpaired) electrons. The van der Waals surface area contributed by atoms with Gasteiger partial charge in [0, 0.05) is 17.5 Å². The predicted octanol–water partition coefficient (Wildman–Crippen LogP) is 4.16. The highest BCUT2D eigenvalue weighted by molar-refractivity contribution is 5.84. The second kappa shape index (κ2) is 7.90. The third kappa shape index (κ3) is 4.25. The number of hydrogen-bond acceptors (Lipinski definition) is 5. The molecule has 140 valence electrons. The first-order chi connectivity index (χ1) is 13.0. The Balaban J connectivity index is 1.68. The minimum Gasteiger partial charge on any atom is -0.490 e. The number of para-hydroxylation sites is 1. The highest BCUT2D eigenvalue weighted by Gasteiger charge is 2.16. The van der Waals surface area contributed by atoms with Gasteiger partial charge in [-0.05, 0) is 31.5 Å². The lowest BCUT2D eigenvalue weighted by Gasteiger charge is -2.11. The van der Waals surface area contributed by atoms with Crippen LogP contribution in [0.5, 0.6) is 5.75 Å². The summed E-state index contributed by atoms with van der Waals surface area (Å²) in [6.07, 6.45) is 0.132. The predicted molar refractivity (Wildman–Crippen MR) is 101 cm³/mol. The van der Waals surface area contributed by atoms with Crippen molar-refractivity contribution in [2.75, 3.05) is 6.61 Å². The van der Waals surface area contributed by atoms with E-state index in [1.165, 1.54) is 12.1 Å². The van der Waals surface area contributed by atoms with Crippen LogP contribution < -0.4 is 10.1 Å². The van der Waals surface area contributed by atoms with Gasteiger partial charge in [0.25, 0.3) is 5.69 Å². The zero-order valence-electron chi connectivity index (χ0n) is 15.1. The molecule has 0 spiro atoms. The second-order valence-corrected chi connectivity index (χ2v) is 6.15. The van der Waals surface area contributed by atoms with E-state index >= 15 is 0 Å². The number of nitrogens with one attached hydrogen (secondary N) is 1. The molecule has 0 fully saturated rings. The molecule has 7 heteroatoms. The van der Waals surface area contributed by atoms with Gasteiger partial charge in [-0.25, -0.2) is 0 Å². The number of furan rings is 1. The van der Waals surface area contributed by atoms with Crippen molar-refractivity contribution >= 4 is 22.6 Å². The number of non-ortho nitro benzene ring substituents is 1. The number of amides is 1. The zero-order valence-corrected chi connectivity index (χ0v) is 15.1. The van der Waals surface area contributed by atoms with E-state index in [-0.39, 0.29) is 24.1 Å². The van der Waals surface area contributed by atoms with Crippen molar-refractivity contribution in [1.82, 2.24) is 5.32 Å². The molecule has 0 saturated heterocycles. The molecule has 1 amide bonds. The van der Waals surface area contributed by atoms with Gasteiger partial charge < -0.3 is 14.5 Å². The minimum absolute atomic E-state index is 0.0000887. The number of hydrogen-bond donors (Lipinski definition) is 1. The highest BCUT2D eigenvalue weighted by Crippen LogP contribution is 2.31. The molecule has 1 N–H and O–H groups in total. The standard InChI is InChI=1S/C20H20N2O5/c1-3-26-17-6-4-5-15-12-18(27-20(15)17)13(2)21-19(23)11-14-7-9-16(10-8-14)22(24)25/h4-10,12-13H,3,11H2,1-2H3,(H,21,23). The number of nitro groups is 1. The number of fused-ring (bicyclic) bond motifs is 1. The van der Waals surface area contributed by atoms with Crippen LogP contribution in [0.15, 0.2) is 52.9 Å². The maximum absolute atomic E-state index is 12.3. The monoisotopic (exact) mass is 368 g/mol. The largest absolute Gasteiger partial charge is 0.490 e. The lowest BCUT2D eigenvalue weighted by atomic mass is 10.1. The quantitative estimate of drug-likeness (QED) is 0.499. The lowest BCUT2D eigenvalue weighted by molar-refractivity contribution is -0.384. The molecule has 0 aliphatic heterocycles. The SMILES string of the molecule is CCOc1cccc2cc(C(C)NC(=O)Cc3ccc([N+](=O)[O-])cc3)oc12. The Hall–Kier alpha value is -3.35. The molecule has 0 bridgehead atoms. The average Bonchev–Trinajstić information content (AvgIpc) is 3.08. The van der Waals surface area contributed by atoms with E-state index in [4.69, 9.17) is 9.15 Å². The van der Waals surface area contributed by atoms with E-state index in [0.717, 1.165) is 5.39 Å². The van der Waals surface area contributed by atoms with Gasteiger partial charge >= 0.3 is 0 Å². The van der Waals surface area contributed by atoms with E-state index < -0.39 is 4.92 Å². The molecule has 7 nitrogen and oxygen atoms in total. The van der Waals surface area contributed by atoms with Crippen LogP contribution in [-0.4, -0.2) is 17.4 Å². The summed E-state index contributed by atoms with van der Waals surface area (Å²) >= 11 is 0. The maximum atomic E-state index is 12.3. The summed E-state index contributed by atoms with van der Waals surface area (Å²) < 4.78 is 11.5. The van der Waals surface area contributed by atoms with Crippen LogP contribution in [0, 0.1) is 10.1 Å². The number of ether oxygens (including phenoxy) is 1. The normalized spacial score (nSPS) is 11.9. The Bertz CT molecular complexity index is 962. The van der Waals surface area contributed by atoms with Gasteiger partial charge in [-0.2, -0.15) is 0 Å². The van der Waals surface area contributed by atoms with E-state index in [9.17, 15) is 14.9 Å². The maximum Gasteiger partial charge on any atom is 0.269 e. The summed E-state index contributed by atoms with van der Waals surface area (Å²) in [5, 5.41) is 14.5. The summed E-state index contributed by atoms with van der Waals surface area (Å²) in [6.45, 7) is 4.28. The third-order valence-corrected chi connectivity index (χ3v) is 4.14. The Labute approximate surface area is 156 Å². The minimum atomic E-state index is -0.468. The lowest BCUT2D eigenvalue weighted by Crippen LogP contribution is -2.27. The van der Waals surface area contributed by atoms with Gasteiger partial charge in [0.1, 0.15) is 5.76 Å². The Kier molecular flexibility index (Phi) is 5.40. The number of nitrogens with zero attached hydrogens (tertiary/aromatic N) is 1. The topological polar surface area (TPSA) is 94.6 Å². The number of carbonyl (C=O) groups is 1. The third-order valence-electron chi connectivity index (χ3n) is 4.14. The fraction of sp³-hybridized carbons (Fsp3) is 0.250. The van der Waals surface area contributed by atoms with Crippen LogP contribution in [0.2, 0.25) is 0 Å². The number of carbonyl (C=O) groups excluding carboxylic acids is 1. The van der Waals surface area contributed by atoms with Gasteiger partial charge in [0.15, 0.2) is 11.3 Å². The van der Waals surface area contributed by atoms with Gasteiger partial charge in [-0.3, -0.25) is 14.9 Å². The first-order valence-corrected chi connectivity index (χ1v) is 8.66. The van der Waals surface area contributed by atoms with Gasteiger partial charge in [0.05, 0.1) is 24.0 Å². The van der Waals surface area contributed by atoms with Crippen LogP contribution in [-0.2, 0) is 11.2 Å². The van der Waals surface area contributed by atoms with E-state index in [1.807, 2.05) is 38.1 Å². The van der Waals surface area contributed by atoms with Crippen LogP contribution in [0.3, 0.4) is 0 Å². The van der Waals surface area contributed by atoms with E-state index in [2.05, 4.69) is 5.32 Å². The van der Waals surface area contributed by atoms with E-state index in [1.54, 1.807) is 12.1 Å². The molecule has 3 rings (SSSR count). The van der Waals surface area contributed by atoms with Crippen molar-refractivity contribution in [3.05, 3.63) is 70.0 Å². The number of benzene rings is 2. The molecule has 27 heavy (non-hydrogen) atoms. The van der Waals surface area contributed by atoms with Gasteiger partial charge in [0.2, 0.25) is 5.91 Å². The van der Waals surface area contributed by atoms with E-state index in [0.29, 0.717) is 29.3 Å². The van der Waals surface area contributed by atoms with Crippen LogP contribution >= 0.6 is 0 Å². The smallest absolute Gasteiger partial charge is 0.269 e. The number of rotatable bonds is 7. The Morgan fingerprint density at radius 1 is 1.26 bits per heavy atom. The van der Waals surface area contributed by atoms with Gasteiger partial charge in [-0.1, -0.05) is 24.3 Å². The first-order valence-electron chi connectivity index (χ1n) is 8.66. The molecule has 0 aliphatic rings. The first kappa shape index (κ1) is 18.4. The summed E-state index contributed by atoms with van der Waals surface area (Å²) in [6, 6.07) is 13.2. The molecule has 1 heterocycles. The number of nitro benzene ring substituents is 1. The van der Waals surface area contributed by atoms with Crippen molar-refractivity contribution in [1.29, 1.82) is 0 Å². The fourth-order valence-electron chi connectivity index (χ4n) is 2.82. The van der Waals surface area contributed by atoms with Crippen LogP contribution in [0.4, 0.5) is 5.69 Å². The summed E-state index contributed by atoms with van der Waals surface area (Å²) in [5.41, 5.74) is 1.36. The Morgan fingerprint density at radius 3 is 2.67 bits per heavy atom. The molecule has 2 aromatic carbocycles. The molecule has 1 atom stereocenters. The van der Waals surface area contributed by atoms with Crippen LogP contribution in [0.1, 0.15) is 31.2 Å². The molecule has 0 saturated carbocycles. The summed E-state index contributed by atoms with van der Waals surface area (Å²) in [4.78, 5) is 22.5. The average molecular weight is 368 g/mol. The highest BCUT2D eigenvalue weighted by atomic mass is 16.6. The fourth-order valence-corrected chi connectivity index (χ4v) is 2.82. The van der Waals surface area contributed by atoms with Crippen molar-refractivity contribution in [3.63, 3.8) is 0 Å². The van der Waals surface area contributed by atoms with Crippen LogP contribution in [0.25, 0.3) is 11.0 Å². The van der Waals surface area contributed by atoms with Gasteiger partial charge in [-0.15, -0.1) is 0 Å². The van der Waals surface area contributed by atoms with Crippen molar-refractivity contribution in [2.45, 2.75) is 26.3 Å². The van der Waals surface area contributed by atoms with Crippen molar-refractivity contribution < 1.29 is 18.9 Å². The Morgan fingerprint density at radius 2 is 2.00 bits per heavy atom. The summed E-state index contributed by atoms with van der Waals surface area (Å²) in [7, 11) is 0. The molecule has 1 aromatic heterocycles. The molecule has 1 unspecified atom stereocenters. The second-order valence-electron chi connectivity index (χ2n) is 6.15. The molecular formula is C20H20N2O5.